The van der Waals surface area contributed by atoms with Crippen molar-refractivity contribution >= 4 is 0 Å². The van der Waals surface area contributed by atoms with Gasteiger partial charge in [0.15, 0.2) is 0 Å². The Labute approximate surface area is 144 Å². The van der Waals surface area contributed by atoms with Crippen molar-refractivity contribution in [1.82, 2.24) is 15.5 Å². The Kier molecular flexibility index (Phi) is 6.12. The molecule has 132 valence electrons. The van der Waals surface area contributed by atoms with Crippen molar-refractivity contribution in [2.24, 2.45) is 0 Å². The molecule has 0 spiro atoms. The van der Waals surface area contributed by atoms with E-state index >= 15 is 0 Å². The van der Waals surface area contributed by atoms with E-state index in [-0.39, 0.29) is 0 Å². The molecule has 0 atom stereocenters. The van der Waals surface area contributed by atoms with Gasteiger partial charge in [0.05, 0.1) is 25.6 Å². The molecule has 1 saturated carbocycles. The predicted octanol–water partition coefficient (Wildman–Crippen LogP) is 3.26. The molecule has 0 amide bonds. The molecular weight excluding hydrogens is 302 g/mol. The van der Waals surface area contributed by atoms with E-state index in [1.807, 2.05) is 19.4 Å². The summed E-state index contributed by atoms with van der Waals surface area (Å²) in [5, 5.41) is 6.77. The molecule has 0 saturated heterocycles. The molecule has 24 heavy (non-hydrogen) atoms. The summed E-state index contributed by atoms with van der Waals surface area (Å²) in [6, 6.07) is 4.91. The summed E-state index contributed by atoms with van der Waals surface area (Å²) in [7, 11) is 4.04. The van der Waals surface area contributed by atoms with Crippen molar-refractivity contribution in [2.45, 2.75) is 57.9 Å². The largest absolute Gasteiger partial charge is 0.468 e. The minimum absolute atomic E-state index is 0.692. The van der Waals surface area contributed by atoms with Crippen molar-refractivity contribution in [3.63, 3.8) is 0 Å². The van der Waals surface area contributed by atoms with E-state index in [0.717, 1.165) is 37.7 Å². The van der Waals surface area contributed by atoms with Gasteiger partial charge in [-0.1, -0.05) is 12.8 Å². The summed E-state index contributed by atoms with van der Waals surface area (Å²) < 4.78 is 11.3. The molecule has 0 aliphatic heterocycles. The number of hydrogen-bond acceptors (Lipinski definition) is 5. The van der Waals surface area contributed by atoms with Gasteiger partial charge in [0.2, 0.25) is 0 Å². The molecule has 1 aliphatic rings. The van der Waals surface area contributed by atoms with Gasteiger partial charge in [-0.3, -0.25) is 4.90 Å². The smallest absolute Gasteiger partial charge is 0.122 e. The van der Waals surface area contributed by atoms with Crippen LogP contribution in [0.4, 0.5) is 0 Å². The number of furan rings is 2. The van der Waals surface area contributed by atoms with Crippen LogP contribution in [0.25, 0.3) is 0 Å². The molecule has 0 radical (unpaired) electrons. The third-order valence-corrected chi connectivity index (χ3v) is 4.70. The number of nitrogens with zero attached hydrogens (tertiary/aromatic N) is 1. The van der Waals surface area contributed by atoms with E-state index in [9.17, 15) is 0 Å². The van der Waals surface area contributed by atoms with Crippen LogP contribution >= 0.6 is 0 Å². The van der Waals surface area contributed by atoms with Gasteiger partial charge in [-0.05, 0) is 39.1 Å². The van der Waals surface area contributed by atoms with E-state index < -0.39 is 0 Å². The Morgan fingerprint density at radius 3 is 2.79 bits per heavy atom. The van der Waals surface area contributed by atoms with Gasteiger partial charge >= 0.3 is 0 Å². The van der Waals surface area contributed by atoms with Crippen LogP contribution in [0.5, 0.6) is 0 Å². The van der Waals surface area contributed by atoms with Crippen molar-refractivity contribution in [2.75, 3.05) is 14.1 Å². The first-order chi connectivity index (χ1) is 11.7. The van der Waals surface area contributed by atoms with Gasteiger partial charge in [-0.15, -0.1) is 0 Å². The second kappa shape index (κ2) is 8.51. The van der Waals surface area contributed by atoms with E-state index in [0.29, 0.717) is 6.04 Å². The first-order valence-electron chi connectivity index (χ1n) is 8.92. The Morgan fingerprint density at radius 2 is 2.00 bits per heavy atom. The van der Waals surface area contributed by atoms with Crippen LogP contribution < -0.4 is 10.6 Å². The van der Waals surface area contributed by atoms with Crippen LogP contribution in [-0.2, 0) is 26.2 Å². The lowest BCUT2D eigenvalue weighted by Crippen LogP contribution is -2.25. The van der Waals surface area contributed by atoms with E-state index in [2.05, 4.69) is 28.6 Å². The zero-order chi connectivity index (χ0) is 16.8. The molecule has 0 unspecified atom stereocenters. The zero-order valence-electron chi connectivity index (χ0n) is 14.8. The minimum Gasteiger partial charge on any atom is -0.468 e. The van der Waals surface area contributed by atoms with E-state index in [4.69, 9.17) is 8.83 Å². The standard InChI is InChI=1S/C19H29N3O2/c1-20-11-19-16(7-8-23-19)12-22(2)13-18-9-15(14-24-18)10-21-17-5-3-4-6-17/h7-9,14,17,20-21H,3-6,10-13H2,1-2H3. The molecule has 2 heterocycles. The molecule has 5 nitrogen and oxygen atoms in total. The Balaban J connectivity index is 1.47. The highest BCUT2D eigenvalue weighted by atomic mass is 16.3. The average molecular weight is 331 g/mol. The second-order valence-corrected chi connectivity index (χ2v) is 6.86. The third-order valence-electron chi connectivity index (χ3n) is 4.70. The fourth-order valence-electron chi connectivity index (χ4n) is 3.43. The molecule has 1 aliphatic carbocycles. The first kappa shape index (κ1) is 17.3. The highest BCUT2D eigenvalue weighted by Gasteiger charge is 2.15. The monoisotopic (exact) mass is 331 g/mol. The maximum absolute atomic E-state index is 5.73. The maximum Gasteiger partial charge on any atom is 0.122 e. The van der Waals surface area contributed by atoms with Crippen molar-refractivity contribution in [3.8, 4) is 0 Å². The van der Waals surface area contributed by atoms with Crippen LogP contribution in [0.3, 0.4) is 0 Å². The topological polar surface area (TPSA) is 53.6 Å². The van der Waals surface area contributed by atoms with Crippen LogP contribution in [0.1, 0.15) is 48.3 Å². The molecule has 3 rings (SSSR count). The average Bonchev–Trinajstić information content (AvgIpc) is 3.29. The van der Waals surface area contributed by atoms with Crippen LogP contribution in [0.2, 0.25) is 0 Å². The quantitative estimate of drug-likeness (QED) is 0.739. The SMILES string of the molecule is CNCc1occc1CN(C)Cc1cc(CNC2CCCC2)co1. The third kappa shape index (κ3) is 4.72. The number of rotatable bonds is 9. The van der Waals surface area contributed by atoms with Crippen molar-refractivity contribution in [1.29, 1.82) is 0 Å². The van der Waals surface area contributed by atoms with Crippen molar-refractivity contribution < 1.29 is 8.83 Å². The van der Waals surface area contributed by atoms with Gasteiger partial charge in [0.25, 0.3) is 0 Å². The molecule has 2 aromatic heterocycles. The zero-order valence-corrected chi connectivity index (χ0v) is 14.8. The van der Waals surface area contributed by atoms with Crippen LogP contribution in [0.15, 0.2) is 33.5 Å². The second-order valence-electron chi connectivity index (χ2n) is 6.86. The Hall–Kier alpha value is -1.56. The van der Waals surface area contributed by atoms with Crippen molar-refractivity contribution in [3.05, 3.63) is 47.3 Å². The maximum atomic E-state index is 5.73. The summed E-state index contributed by atoms with van der Waals surface area (Å²) in [6.07, 6.45) is 9.00. The normalized spacial score (nSPS) is 15.6. The van der Waals surface area contributed by atoms with Gasteiger partial charge in [-0.25, -0.2) is 0 Å². The fourth-order valence-corrected chi connectivity index (χ4v) is 3.43. The molecule has 2 aromatic rings. The van der Waals surface area contributed by atoms with E-state index in [1.54, 1.807) is 6.26 Å². The summed E-state index contributed by atoms with van der Waals surface area (Å²) in [5.74, 6) is 2.02. The summed E-state index contributed by atoms with van der Waals surface area (Å²) in [4.78, 5) is 2.25. The Morgan fingerprint density at radius 1 is 1.17 bits per heavy atom. The molecule has 5 heteroatoms. The molecule has 0 bridgehead atoms. The van der Waals surface area contributed by atoms with Gasteiger partial charge in [-0.2, -0.15) is 0 Å². The highest BCUT2D eigenvalue weighted by molar-refractivity contribution is 5.17. The van der Waals surface area contributed by atoms with Crippen LogP contribution in [-0.4, -0.2) is 25.0 Å². The van der Waals surface area contributed by atoms with Gasteiger partial charge in [0.1, 0.15) is 11.5 Å². The number of nitrogens with one attached hydrogen (secondary N) is 2. The number of hydrogen-bond donors (Lipinski definition) is 2. The minimum atomic E-state index is 0.692. The van der Waals surface area contributed by atoms with Gasteiger partial charge < -0.3 is 19.5 Å². The molecule has 0 aromatic carbocycles. The first-order valence-corrected chi connectivity index (χ1v) is 8.92. The predicted molar refractivity (Wildman–Crippen MR) is 94.4 cm³/mol. The van der Waals surface area contributed by atoms with Gasteiger partial charge in [0, 0.05) is 30.3 Å². The summed E-state index contributed by atoms with van der Waals surface area (Å²) >= 11 is 0. The van der Waals surface area contributed by atoms with Crippen LogP contribution in [0, 0.1) is 0 Å². The summed E-state index contributed by atoms with van der Waals surface area (Å²) in [5.41, 5.74) is 2.46. The molecular formula is C19H29N3O2. The lowest BCUT2D eigenvalue weighted by atomic mass is 10.2. The van der Waals surface area contributed by atoms with E-state index in [1.165, 1.54) is 36.8 Å². The molecule has 1 fully saturated rings. The summed E-state index contributed by atoms with van der Waals surface area (Å²) in [6.45, 7) is 3.32. The molecule has 2 N–H and O–H groups in total. The highest BCUT2D eigenvalue weighted by Crippen LogP contribution is 2.19. The lowest BCUT2D eigenvalue weighted by Gasteiger charge is -2.15. The Bertz CT molecular complexity index is 614. The lowest BCUT2D eigenvalue weighted by molar-refractivity contribution is 0.285. The fraction of sp³-hybridized carbons (Fsp3) is 0.579.